The lowest BCUT2D eigenvalue weighted by atomic mass is 10.2. The van der Waals surface area contributed by atoms with Crippen LogP contribution in [0.25, 0.3) is 0 Å². The molecular weight excluding hydrogens is 324 g/mol. The number of halogens is 1. The van der Waals surface area contributed by atoms with Crippen LogP contribution in [0.4, 0.5) is 0 Å². The first-order valence-corrected chi connectivity index (χ1v) is 8.32. The van der Waals surface area contributed by atoms with Crippen LogP contribution in [0.5, 0.6) is 0 Å². The van der Waals surface area contributed by atoms with Gasteiger partial charge in [0.05, 0.1) is 5.56 Å². The number of carbonyl (C=O) groups is 1. The van der Waals surface area contributed by atoms with Crippen molar-refractivity contribution in [2.24, 2.45) is 5.73 Å². The van der Waals surface area contributed by atoms with E-state index in [0.29, 0.717) is 12.1 Å². The molecule has 0 spiro atoms. The molecule has 1 aromatic carbocycles. The van der Waals surface area contributed by atoms with Gasteiger partial charge in [0.2, 0.25) is 0 Å². The predicted molar refractivity (Wildman–Crippen MR) is 93.6 cm³/mol. The molecule has 1 atom stereocenters. The van der Waals surface area contributed by atoms with Gasteiger partial charge in [-0.1, -0.05) is 18.2 Å². The average molecular weight is 343 g/mol. The van der Waals surface area contributed by atoms with E-state index in [0.717, 1.165) is 10.6 Å². The highest BCUT2D eigenvalue weighted by molar-refractivity contribution is 7.98. The van der Waals surface area contributed by atoms with Crippen LogP contribution in [-0.4, -0.2) is 18.5 Å². The van der Waals surface area contributed by atoms with Crippen molar-refractivity contribution in [1.82, 2.24) is 5.32 Å². The van der Waals surface area contributed by atoms with Crippen LogP contribution in [0.3, 0.4) is 0 Å². The Morgan fingerprint density at radius 3 is 2.76 bits per heavy atom. The van der Waals surface area contributed by atoms with E-state index in [1.54, 1.807) is 23.1 Å². The molecule has 0 aliphatic carbocycles. The van der Waals surface area contributed by atoms with Gasteiger partial charge in [0.15, 0.2) is 0 Å². The summed E-state index contributed by atoms with van der Waals surface area (Å²) in [5.41, 5.74) is 6.26. The first-order chi connectivity index (χ1) is 9.70. The zero-order chi connectivity index (χ0) is 14.4. The van der Waals surface area contributed by atoms with E-state index in [2.05, 4.69) is 16.8 Å². The molecule has 0 aliphatic rings. The third-order valence-corrected chi connectivity index (χ3v) is 4.99. The first-order valence-electron chi connectivity index (χ1n) is 6.46. The van der Waals surface area contributed by atoms with Crippen LogP contribution >= 0.6 is 35.5 Å². The minimum absolute atomic E-state index is 0. The standard InChI is InChI=1S/C15H18N2OS2.ClH/c1-11(9-16)17-15(18)13-6-2-3-7-14(13)20-10-12-5-4-8-19-12;/h2-8,11H,9-10,16H2,1H3,(H,17,18);1H/t11-;/m0./s1. The molecule has 0 saturated heterocycles. The molecule has 2 rings (SSSR count). The quantitative estimate of drug-likeness (QED) is 0.789. The molecule has 0 bridgehead atoms. The van der Waals surface area contributed by atoms with Gasteiger partial charge in [0.1, 0.15) is 0 Å². The highest BCUT2D eigenvalue weighted by atomic mass is 35.5. The number of thiophene rings is 1. The van der Waals surface area contributed by atoms with Crippen molar-refractivity contribution in [3.8, 4) is 0 Å². The number of hydrogen-bond donors (Lipinski definition) is 2. The highest BCUT2D eigenvalue weighted by Gasteiger charge is 2.13. The summed E-state index contributed by atoms with van der Waals surface area (Å²) in [7, 11) is 0. The van der Waals surface area contributed by atoms with E-state index in [9.17, 15) is 4.79 Å². The monoisotopic (exact) mass is 342 g/mol. The van der Waals surface area contributed by atoms with Crippen LogP contribution in [0, 0.1) is 0 Å². The molecule has 0 aliphatic heterocycles. The maximum absolute atomic E-state index is 12.2. The summed E-state index contributed by atoms with van der Waals surface area (Å²) in [6.07, 6.45) is 0. The molecule has 21 heavy (non-hydrogen) atoms. The van der Waals surface area contributed by atoms with Gasteiger partial charge >= 0.3 is 0 Å². The average Bonchev–Trinajstić information content (AvgIpc) is 2.98. The fourth-order valence-electron chi connectivity index (χ4n) is 1.68. The lowest BCUT2D eigenvalue weighted by Gasteiger charge is -2.13. The van der Waals surface area contributed by atoms with Crippen LogP contribution < -0.4 is 11.1 Å². The summed E-state index contributed by atoms with van der Waals surface area (Å²) < 4.78 is 0. The SMILES string of the molecule is C[C@@H](CN)NC(=O)c1ccccc1SCc1cccs1.Cl. The minimum atomic E-state index is -0.0581. The molecule has 2 aromatic rings. The summed E-state index contributed by atoms with van der Waals surface area (Å²) in [6, 6.07) is 11.8. The fourth-order valence-corrected chi connectivity index (χ4v) is 3.51. The summed E-state index contributed by atoms with van der Waals surface area (Å²) in [4.78, 5) is 14.5. The predicted octanol–water partition coefficient (Wildman–Crippen LogP) is 3.54. The van der Waals surface area contributed by atoms with Gasteiger partial charge in [-0.05, 0) is 30.5 Å². The van der Waals surface area contributed by atoms with Crippen molar-refractivity contribution in [2.45, 2.75) is 23.6 Å². The number of carbonyl (C=O) groups excluding carboxylic acids is 1. The largest absolute Gasteiger partial charge is 0.348 e. The van der Waals surface area contributed by atoms with Gasteiger partial charge < -0.3 is 11.1 Å². The summed E-state index contributed by atoms with van der Waals surface area (Å²) in [6.45, 7) is 2.34. The van der Waals surface area contributed by atoms with Crippen molar-refractivity contribution in [1.29, 1.82) is 0 Å². The molecule has 1 aromatic heterocycles. The summed E-state index contributed by atoms with van der Waals surface area (Å²) in [5, 5.41) is 4.97. The maximum Gasteiger partial charge on any atom is 0.252 e. The molecule has 0 fully saturated rings. The van der Waals surface area contributed by atoms with Crippen molar-refractivity contribution in [2.75, 3.05) is 6.54 Å². The molecule has 1 heterocycles. The molecule has 0 radical (unpaired) electrons. The second kappa shape index (κ2) is 9.10. The van der Waals surface area contributed by atoms with Gasteiger partial charge in [-0.25, -0.2) is 0 Å². The Balaban J connectivity index is 0.00000220. The Kier molecular flexibility index (Phi) is 7.82. The first kappa shape index (κ1) is 18.0. The van der Waals surface area contributed by atoms with Crippen LogP contribution in [0.2, 0.25) is 0 Å². The Bertz CT molecular complexity index is 561. The molecular formula is C15H19ClN2OS2. The van der Waals surface area contributed by atoms with Crippen LogP contribution in [0.15, 0.2) is 46.7 Å². The molecule has 1 amide bonds. The van der Waals surface area contributed by atoms with Gasteiger partial charge in [-0.2, -0.15) is 0 Å². The Labute approximate surface area is 139 Å². The van der Waals surface area contributed by atoms with E-state index < -0.39 is 0 Å². The van der Waals surface area contributed by atoms with Crippen molar-refractivity contribution < 1.29 is 4.79 Å². The Hall–Kier alpha value is -1.01. The highest BCUT2D eigenvalue weighted by Crippen LogP contribution is 2.27. The van der Waals surface area contributed by atoms with E-state index in [1.807, 2.05) is 37.3 Å². The number of thioether (sulfide) groups is 1. The van der Waals surface area contributed by atoms with Gasteiger partial charge in [-0.3, -0.25) is 4.79 Å². The normalized spacial score (nSPS) is 11.5. The number of amides is 1. The van der Waals surface area contributed by atoms with Gasteiger partial charge in [0, 0.05) is 28.1 Å². The van der Waals surface area contributed by atoms with E-state index >= 15 is 0 Å². The van der Waals surface area contributed by atoms with E-state index in [1.165, 1.54) is 4.88 Å². The Morgan fingerprint density at radius 2 is 2.10 bits per heavy atom. The number of rotatable bonds is 6. The molecule has 114 valence electrons. The van der Waals surface area contributed by atoms with Crippen LogP contribution in [0.1, 0.15) is 22.2 Å². The molecule has 3 N–H and O–H groups in total. The topological polar surface area (TPSA) is 55.1 Å². The van der Waals surface area contributed by atoms with Gasteiger partial charge in [0.25, 0.3) is 5.91 Å². The summed E-state index contributed by atoms with van der Waals surface area (Å²) in [5.74, 6) is 0.825. The molecule has 3 nitrogen and oxygen atoms in total. The maximum atomic E-state index is 12.2. The fraction of sp³-hybridized carbons (Fsp3) is 0.267. The van der Waals surface area contributed by atoms with Crippen LogP contribution in [-0.2, 0) is 5.75 Å². The number of nitrogens with one attached hydrogen (secondary N) is 1. The van der Waals surface area contributed by atoms with Gasteiger partial charge in [-0.15, -0.1) is 35.5 Å². The molecule has 0 saturated carbocycles. The van der Waals surface area contributed by atoms with Crippen molar-refractivity contribution in [3.63, 3.8) is 0 Å². The summed E-state index contributed by atoms with van der Waals surface area (Å²) >= 11 is 3.42. The number of nitrogens with two attached hydrogens (primary N) is 1. The smallest absolute Gasteiger partial charge is 0.252 e. The number of hydrogen-bond acceptors (Lipinski definition) is 4. The zero-order valence-electron chi connectivity index (χ0n) is 11.7. The minimum Gasteiger partial charge on any atom is -0.348 e. The Morgan fingerprint density at radius 1 is 1.33 bits per heavy atom. The third-order valence-electron chi connectivity index (χ3n) is 2.81. The van der Waals surface area contributed by atoms with E-state index in [-0.39, 0.29) is 24.4 Å². The van der Waals surface area contributed by atoms with Crippen molar-refractivity contribution in [3.05, 3.63) is 52.2 Å². The lowest BCUT2D eigenvalue weighted by Crippen LogP contribution is -2.37. The third kappa shape index (κ3) is 5.36. The second-order valence-corrected chi connectivity index (χ2v) is 6.52. The second-order valence-electron chi connectivity index (χ2n) is 4.47. The molecule has 6 heteroatoms. The zero-order valence-corrected chi connectivity index (χ0v) is 14.2. The van der Waals surface area contributed by atoms with E-state index in [4.69, 9.17) is 5.73 Å². The molecule has 0 unspecified atom stereocenters. The lowest BCUT2D eigenvalue weighted by molar-refractivity contribution is 0.0938. The number of benzene rings is 1. The van der Waals surface area contributed by atoms with Crippen molar-refractivity contribution >= 4 is 41.4 Å².